The number of benzene rings is 1. The van der Waals surface area contributed by atoms with Crippen LogP contribution in [0, 0.1) is 6.92 Å². The zero-order valence-corrected chi connectivity index (χ0v) is 14.6. The first-order valence-corrected chi connectivity index (χ1v) is 8.85. The van der Waals surface area contributed by atoms with E-state index >= 15 is 0 Å². The normalized spacial score (nSPS) is 11.0. The van der Waals surface area contributed by atoms with Crippen LogP contribution in [0.2, 0.25) is 0 Å². The summed E-state index contributed by atoms with van der Waals surface area (Å²) in [6.45, 7) is 4.60. The van der Waals surface area contributed by atoms with E-state index in [0.717, 1.165) is 5.56 Å². The molecule has 0 heterocycles. The van der Waals surface area contributed by atoms with Crippen LogP contribution in [0.1, 0.15) is 5.56 Å². The molecule has 9 heteroatoms. The Bertz CT molecular complexity index is 491. The zero-order valence-electron chi connectivity index (χ0n) is 13.8. The monoisotopic (exact) mass is 366 g/mol. The molecule has 0 atom stereocenters. The van der Waals surface area contributed by atoms with E-state index < -0.39 is 10.1 Å². The minimum Gasteiger partial charge on any atom is -0.394 e. The topological polar surface area (TPSA) is 123 Å². The molecule has 0 saturated heterocycles. The quantitative estimate of drug-likeness (QED) is 0.377. The van der Waals surface area contributed by atoms with Gasteiger partial charge in [-0.1, -0.05) is 17.7 Å². The Kier molecular flexibility index (Phi) is 13.7. The van der Waals surface area contributed by atoms with Gasteiger partial charge in [-0.3, -0.25) is 4.55 Å². The molecule has 0 amide bonds. The van der Waals surface area contributed by atoms with Crippen molar-refractivity contribution >= 4 is 10.1 Å². The molecular formula is C15H26O8S. The third-order valence-corrected chi connectivity index (χ3v) is 3.40. The Morgan fingerprint density at radius 2 is 1.17 bits per heavy atom. The van der Waals surface area contributed by atoms with Crippen molar-refractivity contribution in [2.24, 2.45) is 0 Å². The standard InChI is InChI=1S/C8H18O5.C7H8O3S/c9-1-3-11-5-7-13-8-6-12-4-2-10;1-6-2-4-7(5-3-6)11(8,9)10/h9-10H,1-8H2;2-5H,1H3,(H,8,9,10). The number of rotatable bonds is 11. The summed E-state index contributed by atoms with van der Waals surface area (Å²) in [7, 11) is -4.02. The first kappa shape index (κ1) is 22.9. The summed E-state index contributed by atoms with van der Waals surface area (Å²) in [4.78, 5) is -0.0666. The van der Waals surface area contributed by atoms with E-state index in [1.54, 1.807) is 12.1 Å². The molecule has 0 fully saturated rings. The Labute approximate surface area is 142 Å². The average Bonchev–Trinajstić information content (AvgIpc) is 2.53. The maximum Gasteiger partial charge on any atom is 0.294 e. The summed E-state index contributed by atoms with van der Waals surface area (Å²) in [5.41, 5.74) is 0.956. The second-order valence-electron chi connectivity index (χ2n) is 4.57. The molecule has 0 spiro atoms. The van der Waals surface area contributed by atoms with E-state index in [2.05, 4.69) is 0 Å². The lowest BCUT2D eigenvalue weighted by Gasteiger charge is -2.04. The largest absolute Gasteiger partial charge is 0.394 e. The molecule has 0 radical (unpaired) electrons. The second kappa shape index (κ2) is 14.3. The highest BCUT2D eigenvalue weighted by atomic mass is 32.2. The number of aliphatic hydroxyl groups excluding tert-OH is 2. The smallest absolute Gasteiger partial charge is 0.294 e. The van der Waals surface area contributed by atoms with Gasteiger partial charge in [0.1, 0.15) is 0 Å². The molecule has 140 valence electrons. The van der Waals surface area contributed by atoms with E-state index in [9.17, 15) is 8.42 Å². The number of hydrogen-bond donors (Lipinski definition) is 3. The molecule has 24 heavy (non-hydrogen) atoms. The third kappa shape index (κ3) is 13.4. The van der Waals surface area contributed by atoms with Gasteiger partial charge in [-0.15, -0.1) is 0 Å². The molecule has 0 aliphatic rings. The van der Waals surface area contributed by atoms with E-state index in [0.29, 0.717) is 39.6 Å². The van der Waals surface area contributed by atoms with Crippen molar-refractivity contribution in [3.05, 3.63) is 29.8 Å². The van der Waals surface area contributed by atoms with E-state index in [-0.39, 0.29) is 18.1 Å². The van der Waals surface area contributed by atoms with Gasteiger partial charge in [-0.05, 0) is 19.1 Å². The third-order valence-electron chi connectivity index (χ3n) is 2.53. The fourth-order valence-corrected chi connectivity index (χ4v) is 1.86. The lowest BCUT2D eigenvalue weighted by atomic mass is 10.2. The zero-order chi connectivity index (χ0) is 18.3. The van der Waals surface area contributed by atoms with E-state index in [1.165, 1.54) is 12.1 Å². The summed E-state index contributed by atoms with van der Waals surface area (Å²) in [5, 5.41) is 16.7. The molecule has 1 aromatic carbocycles. The molecule has 0 aliphatic heterocycles. The maximum absolute atomic E-state index is 10.5. The first-order valence-electron chi connectivity index (χ1n) is 7.41. The highest BCUT2D eigenvalue weighted by molar-refractivity contribution is 7.85. The Balaban J connectivity index is 0.000000446. The van der Waals surface area contributed by atoms with Gasteiger partial charge in [-0.25, -0.2) is 0 Å². The van der Waals surface area contributed by atoms with Crippen LogP contribution in [0.25, 0.3) is 0 Å². The van der Waals surface area contributed by atoms with Gasteiger partial charge in [0.2, 0.25) is 0 Å². The van der Waals surface area contributed by atoms with E-state index in [1.807, 2.05) is 6.92 Å². The van der Waals surface area contributed by atoms with Gasteiger partial charge in [0.25, 0.3) is 10.1 Å². The van der Waals surface area contributed by atoms with Crippen molar-refractivity contribution in [3.8, 4) is 0 Å². The van der Waals surface area contributed by atoms with Gasteiger partial charge < -0.3 is 24.4 Å². The molecule has 1 aromatic rings. The lowest BCUT2D eigenvalue weighted by molar-refractivity contribution is 0.00230. The minimum atomic E-state index is -4.02. The van der Waals surface area contributed by atoms with Crippen LogP contribution >= 0.6 is 0 Å². The second-order valence-corrected chi connectivity index (χ2v) is 5.99. The molecule has 8 nitrogen and oxygen atoms in total. The highest BCUT2D eigenvalue weighted by Crippen LogP contribution is 2.08. The summed E-state index contributed by atoms with van der Waals surface area (Å²) in [5.74, 6) is 0. The van der Waals surface area contributed by atoms with Crippen molar-refractivity contribution < 1.29 is 37.4 Å². The van der Waals surface area contributed by atoms with Gasteiger partial charge in [0.05, 0.1) is 57.8 Å². The van der Waals surface area contributed by atoms with E-state index in [4.69, 9.17) is 29.0 Å². The van der Waals surface area contributed by atoms with Crippen molar-refractivity contribution in [1.29, 1.82) is 0 Å². The van der Waals surface area contributed by atoms with Crippen LogP contribution in [0.3, 0.4) is 0 Å². The molecule has 0 bridgehead atoms. The summed E-state index contributed by atoms with van der Waals surface area (Å²) in [6.07, 6.45) is 0. The van der Waals surface area contributed by atoms with Crippen LogP contribution in [0.15, 0.2) is 29.2 Å². The van der Waals surface area contributed by atoms with Crippen LogP contribution in [-0.4, -0.2) is 76.0 Å². The van der Waals surface area contributed by atoms with Gasteiger partial charge in [-0.2, -0.15) is 8.42 Å². The van der Waals surface area contributed by atoms with Crippen LogP contribution in [-0.2, 0) is 24.3 Å². The van der Waals surface area contributed by atoms with Gasteiger partial charge in [0.15, 0.2) is 0 Å². The number of hydrogen-bond acceptors (Lipinski definition) is 7. The molecule has 0 unspecified atom stereocenters. The summed E-state index contributed by atoms with van der Waals surface area (Å²) >= 11 is 0. The van der Waals surface area contributed by atoms with Gasteiger partial charge >= 0.3 is 0 Å². The number of aliphatic hydroxyl groups is 2. The van der Waals surface area contributed by atoms with Gasteiger partial charge in [0, 0.05) is 0 Å². The molecule has 0 aromatic heterocycles. The molecule has 0 saturated carbocycles. The van der Waals surface area contributed by atoms with Crippen molar-refractivity contribution in [3.63, 3.8) is 0 Å². The molecule has 0 aliphatic carbocycles. The first-order chi connectivity index (χ1) is 11.4. The Hall–Kier alpha value is -1.07. The van der Waals surface area contributed by atoms with Crippen LogP contribution in [0.4, 0.5) is 0 Å². The highest BCUT2D eigenvalue weighted by Gasteiger charge is 2.06. The van der Waals surface area contributed by atoms with Crippen molar-refractivity contribution in [1.82, 2.24) is 0 Å². The summed E-state index contributed by atoms with van der Waals surface area (Å²) < 4.78 is 44.6. The predicted molar refractivity (Wildman–Crippen MR) is 87.6 cm³/mol. The molecule has 1 rings (SSSR count). The Morgan fingerprint density at radius 1 is 0.792 bits per heavy atom. The molecular weight excluding hydrogens is 340 g/mol. The van der Waals surface area contributed by atoms with Crippen LogP contribution < -0.4 is 0 Å². The SMILES string of the molecule is Cc1ccc(S(=O)(=O)O)cc1.OCCOCCOCCOCCO. The molecule has 3 N–H and O–H groups in total. The predicted octanol–water partition coefficient (Wildman–Crippen LogP) is 0.263. The van der Waals surface area contributed by atoms with Crippen LogP contribution in [0.5, 0.6) is 0 Å². The minimum absolute atomic E-state index is 0.0413. The fourth-order valence-electron chi connectivity index (χ4n) is 1.38. The maximum atomic E-state index is 10.5. The summed E-state index contributed by atoms with van der Waals surface area (Å²) in [6, 6.07) is 5.99. The number of aryl methyl sites for hydroxylation is 1. The Morgan fingerprint density at radius 3 is 1.50 bits per heavy atom. The van der Waals surface area contributed by atoms with Crippen molar-refractivity contribution in [2.45, 2.75) is 11.8 Å². The number of ether oxygens (including phenoxy) is 3. The average molecular weight is 366 g/mol. The lowest BCUT2D eigenvalue weighted by Crippen LogP contribution is -2.11. The fraction of sp³-hybridized carbons (Fsp3) is 0.600. The van der Waals surface area contributed by atoms with Crippen molar-refractivity contribution in [2.75, 3.05) is 52.9 Å².